The molecule has 2 aromatic rings. The molecule has 22 heavy (non-hydrogen) atoms. The number of hydrogen-bond acceptors (Lipinski definition) is 3. The van der Waals surface area contributed by atoms with E-state index < -0.39 is 0 Å². The number of phenols is 1. The quantitative estimate of drug-likeness (QED) is 0.754. The standard InChI is InChI=1S/C18H21BrN2O/c1-3-21(4-2)13-14-5-7-17(8-6-14)20-12-15-9-16(19)11-18(22)10-15/h5-12,22H,3-4,13H2,1-2H3. The van der Waals surface area contributed by atoms with E-state index in [1.165, 1.54) is 5.56 Å². The van der Waals surface area contributed by atoms with Gasteiger partial charge in [-0.25, -0.2) is 0 Å². The highest BCUT2D eigenvalue weighted by Crippen LogP contribution is 2.20. The molecule has 0 saturated heterocycles. The van der Waals surface area contributed by atoms with Gasteiger partial charge in [0, 0.05) is 17.2 Å². The first-order chi connectivity index (χ1) is 10.6. The first-order valence-electron chi connectivity index (χ1n) is 7.45. The predicted molar refractivity (Wildman–Crippen MR) is 96.1 cm³/mol. The average Bonchev–Trinajstić information content (AvgIpc) is 2.51. The van der Waals surface area contributed by atoms with Crippen LogP contribution in [0.25, 0.3) is 0 Å². The van der Waals surface area contributed by atoms with Crippen LogP contribution in [0.3, 0.4) is 0 Å². The molecule has 4 heteroatoms. The fraction of sp³-hybridized carbons (Fsp3) is 0.278. The van der Waals surface area contributed by atoms with Crippen LogP contribution >= 0.6 is 15.9 Å². The monoisotopic (exact) mass is 360 g/mol. The van der Waals surface area contributed by atoms with Gasteiger partial charge in [0.05, 0.1) is 5.69 Å². The highest BCUT2D eigenvalue weighted by atomic mass is 79.9. The van der Waals surface area contributed by atoms with Gasteiger partial charge in [-0.05, 0) is 54.5 Å². The maximum atomic E-state index is 9.56. The third kappa shape index (κ3) is 4.97. The molecular formula is C18H21BrN2O. The van der Waals surface area contributed by atoms with E-state index in [9.17, 15) is 5.11 Å². The number of rotatable bonds is 6. The van der Waals surface area contributed by atoms with Crippen LogP contribution in [0.4, 0.5) is 5.69 Å². The second-order valence-electron chi connectivity index (χ2n) is 5.13. The molecule has 116 valence electrons. The van der Waals surface area contributed by atoms with Gasteiger partial charge in [-0.15, -0.1) is 0 Å². The van der Waals surface area contributed by atoms with Crippen LogP contribution in [0.5, 0.6) is 5.75 Å². The summed E-state index contributed by atoms with van der Waals surface area (Å²) in [4.78, 5) is 6.83. The van der Waals surface area contributed by atoms with Crippen molar-refractivity contribution in [3.05, 3.63) is 58.1 Å². The minimum absolute atomic E-state index is 0.227. The molecule has 0 aliphatic heterocycles. The van der Waals surface area contributed by atoms with E-state index in [1.807, 2.05) is 18.2 Å². The largest absolute Gasteiger partial charge is 0.508 e. The van der Waals surface area contributed by atoms with Gasteiger partial charge in [0.25, 0.3) is 0 Å². The topological polar surface area (TPSA) is 35.8 Å². The van der Waals surface area contributed by atoms with E-state index in [0.717, 1.165) is 35.4 Å². The molecule has 0 aliphatic carbocycles. The zero-order chi connectivity index (χ0) is 15.9. The van der Waals surface area contributed by atoms with Crippen molar-refractivity contribution in [2.75, 3.05) is 13.1 Å². The molecule has 0 aliphatic rings. The Morgan fingerprint density at radius 3 is 2.36 bits per heavy atom. The Labute approximate surface area is 140 Å². The van der Waals surface area contributed by atoms with Crippen molar-refractivity contribution in [1.29, 1.82) is 0 Å². The second-order valence-corrected chi connectivity index (χ2v) is 6.04. The van der Waals surface area contributed by atoms with Gasteiger partial charge in [-0.2, -0.15) is 0 Å². The summed E-state index contributed by atoms with van der Waals surface area (Å²) in [5.74, 6) is 0.227. The van der Waals surface area contributed by atoms with Crippen molar-refractivity contribution in [2.24, 2.45) is 4.99 Å². The average molecular weight is 361 g/mol. The van der Waals surface area contributed by atoms with Crippen LogP contribution in [0.2, 0.25) is 0 Å². The third-order valence-electron chi connectivity index (χ3n) is 3.50. The van der Waals surface area contributed by atoms with Crippen molar-refractivity contribution >= 4 is 27.8 Å². The Morgan fingerprint density at radius 1 is 1.09 bits per heavy atom. The summed E-state index contributed by atoms with van der Waals surface area (Å²) in [6.45, 7) is 7.44. The van der Waals surface area contributed by atoms with Crippen LogP contribution in [0, 0.1) is 0 Å². The minimum atomic E-state index is 0.227. The molecule has 2 rings (SSSR count). The van der Waals surface area contributed by atoms with Crippen LogP contribution in [0.1, 0.15) is 25.0 Å². The molecule has 0 spiro atoms. The van der Waals surface area contributed by atoms with Crippen LogP contribution in [-0.2, 0) is 6.54 Å². The van der Waals surface area contributed by atoms with Gasteiger partial charge >= 0.3 is 0 Å². The van der Waals surface area contributed by atoms with Crippen LogP contribution < -0.4 is 0 Å². The van der Waals surface area contributed by atoms with Crippen molar-refractivity contribution in [3.63, 3.8) is 0 Å². The van der Waals surface area contributed by atoms with E-state index in [0.29, 0.717) is 0 Å². The molecule has 0 radical (unpaired) electrons. The Balaban J connectivity index is 2.05. The normalized spacial score (nSPS) is 11.5. The molecule has 0 fully saturated rings. The Morgan fingerprint density at radius 2 is 1.77 bits per heavy atom. The fourth-order valence-electron chi connectivity index (χ4n) is 2.21. The third-order valence-corrected chi connectivity index (χ3v) is 3.96. The number of aromatic hydroxyl groups is 1. The molecule has 2 aromatic carbocycles. The minimum Gasteiger partial charge on any atom is -0.508 e. The zero-order valence-corrected chi connectivity index (χ0v) is 14.5. The summed E-state index contributed by atoms with van der Waals surface area (Å²) in [6, 6.07) is 13.5. The number of nitrogens with zero attached hydrogens (tertiary/aromatic N) is 2. The van der Waals surface area contributed by atoms with E-state index in [-0.39, 0.29) is 5.75 Å². The van der Waals surface area contributed by atoms with Crippen LogP contribution in [-0.4, -0.2) is 29.3 Å². The molecule has 0 saturated carbocycles. The number of phenolic OH excluding ortho intramolecular Hbond substituents is 1. The number of halogens is 1. The van der Waals surface area contributed by atoms with E-state index in [4.69, 9.17) is 0 Å². The zero-order valence-electron chi connectivity index (χ0n) is 13.0. The molecule has 0 heterocycles. The summed E-state index contributed by atoms with van der Waals surface area (Å²) >= 11 is 3.36. The Bertz CT molecular complexity index is 614. The van der Waals surface area contributed by atoms with Gasteiger partial charge in [0.15, 0.2) is 0 Å². The molecule has 0 atom stereocenters. The molecule has 3 nitrogen and oxygen atoms in total. The molecule has 0 aromatic heterocycles. The summed E-state index contributed by atoms with van der Waals surface area (Å²) in [5, 5.41) is 9.56. The van der Waals surface area contributed by atoms with E-state index >= 15 is 0 Å². The van der Waals surface area contributed by atoms with Gasteiger partial charge < -0.3 is 5.11 Å². The SMILES string of the molecule is CCN(CC)Cc1ccc(N=Cc2cc(O)cc(Br)c2)cc1. The lowest BCUT2D eigenvalue weighted by Crippen LogP contribution is -2.21. The molecular weight excluding hydrogens is 340 g/mol. The highest BCUT2D eigenvalue weighted by Gasteiger charge is 2.01. The van der Waals surface area contributed by atoms with Gasteiger partial charge in [-0.1, -0.05) is 41.9 Å². The first-order valence-corrected chi connectivity index (χ1v) is 8.25. The van der Waals surface area contributed by atoms with Crippen molar-refractivity contribution in [1.82, 2.24) is 4.90 Å². The maximum Gasteiger partial charge on any atom is 0.117 e. The first kappa shape index (κ1) is 16.7. The molecule has 0 bridgehead atoms. The Hall–Kier alpha value is -1.65. The van der Waals surface area contributed by atoms with Crippen LogP contribution in [0.15, 0.2) is 51.9 Å². The van der Waals surface area contributed by atoms with Gasteiger partial charge in [0.2, 0.25) is 0 Å². The number of hydrogen-bond donors (Lipinski definition) is 1. The van der Waals surface area contributed by atoms with Gasteiger partial charge in [-0.3, -0.25) is 9.89 Å². The van der Waals surface area contributed by atoms with E-state index in [1.54, 1.807) is 18.3 Å². The number of benzene rings is 2. The van der Waals surface area contributed by atoms with Crippen molar-refractivity contribution in [3.8, 4) is 5.75 Å². The smallest absolute Gasteiger partial charge is 0.117 e. The maximum absolute atomic E-state index is 9.56. The van der Waals surface area contributed by atoms with Crippen molar-refractivity contribution < 1.29 is 5.11 Å². The van der Waals surface area contributed by atoms with E-state index in [2.05, 4.69) is 51.8 Å². The Kier molecular flexibility index (Phi) is 6.16. The number of aliphatic imine (C=N–C) groups is 1. The van der Waals surface area contributed by atoms with Crippen molar-refractivity contribution in [2.45, 2.75) is 20.4 Å². The van der Waals surface area contributed by atoms with Gasteiger partial charge in [0.1, 0.15) is 5.75 Å². The molecule has 0 unspecified atom stereocenters. The lowest BCUT2D eigenvalue weighted by molar-refractivity contribution is 0.296. The predicted octanol–water partition coefficient (Wildman–Crippen LogP) is 4.75. The molecule has 1 N–H and O–H groups in total. The molecule has 0 amide bonds. The lowest BCUT2D eigenvalue weighted by atomic mass is 10.2. The second kappa shape index (κ2) is 8.11. The summed E-state index contributed by atoms with van der Waals surface area (Å²) in [6.07, 6.45) is 1.75. The summed E-state index contributed by atoms with van der Waals surface area (Å²) in [7, 11) is 0. The lowest BCUT2D eigenvalue weighted by Gasteiger charge is -2.17. The summed E-state index contributed by atoms with van der Waals surface area (Å²) in [5.41, 5.74) is 3.06. The highest BCUT2D eigenvalue weighted by molar-refractivity contribution is 9.10. The fourth-order valence-corrected chi connectivity index (χ4v) is 2.71. The summed E-state index contributed by atoms with van der Waals surface area (Å²) < 4.78 is 0.837.